The van der Waals surface area contributed by atoms with Crippen LogP contribution >= 0.6 is 0 Å². The monoisotopic (exact) mass is 234 g/mol. The Morgan fingerprint density at radius 2 is 2.24 bits per heavy atom. The topological polar surface area (TPSA) is 47.1 Å². The fourth-order valence-corrected chi connectivity index (χ4v) is 3.10. The van der Waals surface area contributed by atoms with Crippen molar-refractivity contribution in [3.8, 4) is 0 Å². The van der Waals surface area contributed by atoms with E-state index >= 15 is 0 Å². The van der Waals surface area contributed by atoms with Crippen LogP contribution in [0.25, 0.3) is 0 Å². The molecule has 1 saturated heterocycles. The highest BCUT2D eigenvalue weighted by Crippen LogP contribution is 2.29. The fourth-order valence-electron chi connectivity index (χ4n) is 3.10. The predicted molar refractivity (Wildman–Crippen MR) is 67.7 cm³/mol. The molecule has 0 saturated carbocycles. The second-order valence-corrected chi connectivity index (χ2v) is 5.53. The van der Waals surface area contributed by atoms with Gasteiger partial charge in [-0.1, -0.05) is 6.42 Å². The number of imidazole rings is 1. The maximum absolute atomic E-state index is 6.01. The molecule has 3 rings (SSSR count). The number of piperidine rings is 1. The molecule has 0 amide bonds. The van der Waals surface area contributed by atoms with Crippen molar-refractivity contribution < 1.29 is 0 Å². The highest BCUT2D eigenvalue weighted by molar-refractivity contribution is 5.12. The van der Waals surface area contributed by atoms with Crippen molar-refractivity contribution in [2.24, 2.45) is 5.73 Å². The second kappa shape index (κ2) is 4.42. The van der Waals surface area contributed by atoms with Gasteiger partial charge in [0.15, 0.2) is 0 Å². The number of nitrogens with zero attached hydrogens (tertiary/aromatic N) is 3. The number of hydrogen-bond acceptors (Lipinski definition) is 3. The summed E-state index contributed by atoms with van der Waals surface area (Å²) in [4.78, 5) is 7.27. The van der Waals surface area contributed by atoms with E-state index in [1.165, 1.54) is 37.3 Å². The van der Waals surface area contributed by atoms with E-state index in [4.69, 9.17) is 10.7 Å². The third kappa shape index (κ3) is 2.11. The summed E-state index contributed by atoms with van der Waals surface area (Å²) in [7, 11) is 2.22. The molecule has 17 heavy (non-hydrogen) atoms. The molecule has 4 nitrogen and oxygen atoms in total. The van der Waals surface area contributed by atoms with Gasteiger partial charge in [-0.25, -0.2) is 4.98 Å². The lowest BCUT2D eigenvalue weighted by Gasteiger charge is -2.31. The molecule has 0 aromatic carbocycles. The van der Waals surface area contributed by atoms with Crippen LogP contribution in [0.4, 0.5) is 0 Å². The zero-order valence-corrected chi connectivity index (χ0v) is 10.6. The summed E-state index contributed by atoms with van der Waals surface area (Å²) in [6, 6.07) is 0.840. The summed E-state index contributed by atoms with van der Waals surface area (Å²) in [6.07, 6.45) is 8.26. The first-order chi connectivity index (χ1) is 8.24. The molecule has 3 heterocycles. The number of rotatable bonds is 1. The third-order valence-corrected chi connectivity index (χ3v) is 4.16. The van der Waals surface area contributed by atoms with Gasteiger partial charge in [-0.2, -0.15) is 0 Å². The standard InChI is InChI=1S/C13H22N4/c1-16-7-3-2-4-12(16)11-9-17-8-10(14)5-6-13(17)15-11/h9-10,12H,2-8,14H2,1H3. The molecule has 1 aromatic heterocycles. The molecule has 1 aromatic rings. The second-order valence-electron chi connectivity index (χ2n) is 5.53. The Kier molecular flexibility index (Phi) is 2.92. The minimum atomic E-state index is 0.314. The van der Waals surface area contributed by atoms with Crippen molar-refractivity contribution in [3.63, 3.8) is 0 Å². The Labute approximate surface area is 103 Å². The predicted octanol–water partition coefficient (Wildman–Crippen LogP) is 1.31. The van der Waals surface area contributed by atoms with Crippen molar-refractivity contribution in [2.75, 3.05) is 13.6 Å². The quantitative estimate of drug-likeness (QED) is 0.797. The van der Waals surface area contributed by atoms with Gasteiger partial charge in [0.1, 0.15) is 5.82 Å². The molecule has 2 unspecified atom stereocenters. The molecule has 0 radical (unpaired) electrons. The Morgan fingerprint density at radius 1 is 1.35 bits per heavy atom. The number of likely N-dealkylation sites (tertiary alicyclic amines) is 1. The Bertz CT molecular complexity index is 398. The lowest BCUT2D eigenvalue weighted by Crippen LogP contribution is -2.31. The summed E-state index contributed by atoms with van der Waals surface area (Å²) >= 11 is 0. The fraction of sp³-hybridized carbons (Fsp3) is 0.769. The van der Waals surface area contributed by atoms with Crippen LogP contribution in [0.3, 0.4) is 0 Å². The van der Waals surface area contributed by atoms with Crippen LogP contribution in [-0.4, -0.2) is 34.1 Å². The lowest BCUT2D eigenvalue weighted by atomic mass is 10.0. The largest absolute Gasteiger partial charge is 0.333 e. The summed E-state index contributed by atoms with van der Waals surface area (Å²) in [5.41, 5.74) is 7.27. The average Bonchev–Trinajstić information content (AvgIpc) is 2.72. The van der Waals surface area contributed by atoms with Crippen LogP contribution in [0.2, 0.25) is 0 Å². The summed E-state index contributed by atoms with van der Waals surface area (Å²) < 4.78 is 2.27. The molecule has 2 atom stereocenters. The highest BCUT2D eigenvalue weighted by atomic mass is 15.2. The number of hydrogen-bond donors (Lipinski definition) is 1. The number of fused-ring (bicyclic) bond motifs is 1. The first kappa shape index (κ1) is 11.2. The van der Waals surface area contributed by atoms with Crippen molar-refractivity contribution >= 4 is 0 Å². The van der Waals surface area contributed by atoms with Crippen molar-refractivity contribution in [2.45, 2.75) is 50.7 Å². The SMILES string of the molecule is CN1CCCCC1c1cn2c(n1)CCC(N)C2. The van der Waals surface area contributed by atoms with Gasteiger partial charge < -0.3 is 10.3 Å². The van der Waals surface area contributed by atoms with Gasteiger partial charge >= 0.3 is 0 Å². The highest BCUT2D eigenvalue weighted by Gasteiger charge is 2.25. The van der Waals surface area contributed by atoms with E-state index in [0.29, 0.717) is 12.1 Å². The molecule has 1 fully saturated rings. The molecule has 94 valence electrons. The van der Waals surface area contributed by atoms with Crippen LogP contribution in [-0.2, 0) is 13.0 Å². The maximum Gasteiger partial charge on any atom is 0.109 e. The summed E-state index contributed by atoms with van der Waals surface area (Å²) in [5.74, 6) is 1.24. The minimum absolute atomic E-state index is 0.314. The van der Waals surface area contributed by atoms with E-state index in [1.807, 2.05) is 0 Å². The van der Waals surface area contributed by atoms with Crippen molar-refractivity contribution in [1.82, 2.24) is 14.5 Å². The number of nitrogens with two attached hydrogens (primary N) is 1. The zero-order valence-electron chi connectivity index (χ0n) is 10.6. The normalized spacial score (nSPS) is 30.2. The molecule has 2 aliphatic heterocycles. The van der Waals surface area contributed by atoms with Crippen LogP contribution < -0.4 is 5.73 Å². The van der Waals surface area contributed by atoms with E-state index in [9.17, 15) is 0 Å². The summed E-state index contributed by atoms with van der Waals surface area (Å²) in [5, 5.41) is 0. The van der Waals surface area contributed by atoms with E-state index in [1.54, 1.807) is 0 Å². The third-order valence-electron chi connectivity index (χ3n) is 4.16. The van der Waals surface area contributed by atoms with Gasteiger partial charge in [0, 0.05) is 25.2 Å². The number of aryl methyl sites for hydroxylation is 1. The minimum Gasteiger partial charge on any atom is -0.333 e. The van der Waals surface area contributed by atoms with Gasteiger partial charge in [0.25, 0.3) is 0 Å². The van der Waals surface area contributed by atoms with Crippen LogP contribution in [0.15, 0.2) is 6.20 Å². The van der Waals surface area contributed by atoms with Crippen LogP contribution in [0, 0.1) is 0 Å². The molecular formula is C13H22N4. The number of aromatic nitrogens is 2. The van der Waals surface area contributed by atoms with E-state index < -0.39 is 0 Å². The van der Waals surface area contributed by atoms with Gasteiger partial charge in [-0.05, 0) is 32.9 Å². The molecule has 0 spiro atoms. The van der Waals surface area contributed by atoms with E-state index in [2.05, 4.69) is 22.7 Å². The first-order valence-electron chi connectivity index (χ1n) is 6.76. The molecule has 4 heteroatoms. The van der Waals surface area contributed by atoms with Gasteiger partial charge in [0.2, 0.25) is 0 Å². The maximum atomic E-state index is 6.01. The van der Waals surface area contributed by atoms with Crippen molar-refractivity contribution in [1.29, 1.82) is 0 Å². The van der Waals surface area contributed by atoms with E-state index in [0.717, 1.165) is 19.4 Å². The Hall–Kier alpha value is -0.870. The summed E-state index contributed by atoms with van der Waals surface area (Å²) in [6.45, 7) is 2.14. The first-order valence-corrected chi connectivity index (χ1v) is 6.76. The smallest absolute Gasteiger partial charge is 0.109 e. The van der Waals surface area contributed by atoms with Crippen LogP contribution in [0.1, 0.15) is 43.2 Å². The molecular weight excluding hydrogens is 212 g/mol. The van der Waals surface area contributed by atoms with Gasteiger partial charge in [0.05, 0.1) is 11.7 Å². The van der Waals surface area contributed by atoms with E-state index in [-0.39, 0.29) is 0 Å². The van der Waals surface area contributed by atoms with Gasteiger partial charge in [-0.3, -0.25) is 4.90 Å². The Balaban J connectivity index is 1.84. The van der Waals surface area contributed by atoms with Crippen LogP contribution in [0.5, 0.6) is 0 Å². The average molecular weight is 234 g/mol. The molecule has 2 aliphatic rings. The zero-order chi connectivity index (χ0) is 11.8. The lowest BCUT2D eigenvalue weighted by molar-refractivity contribution is 0.184. The Morgan fingerprint density at radius 3 is 3.06 bits per heavy atom. The van der Waals surface area contributed by atoms with Gasteiger partial charge in [-0.15, -0.1) is 0 Å². The molecule has 0 bridgehead atoms. The molecule has 2 N–H and O–H groups in total. The molecule has 0 aliphatic carbocycles. The van der Waals surface area contributed by atoms with Crippen molar-refractivity contribution in [3.05, 3.63) is 17.7 Å².